The molecule has 0 aliphatic heterocycles. The second-order valence-electron chi connectivity index (χ2n) is 3.43. The SMILES string of the molecule is COc1c(-c2cc(Cl)cc(Cl)c2Cl)ccnc1F. The van der Waals surface area contributed by atoms with Gasteiger partial charge in [-0.3, -0.25) is 0 Å². The predicted octanol–water partition coefficient (Wildman–Crippen LogP) is 4.86. The van der Waals surface area contributed by atoms with Gasteiger partial charge in [0.1, 0.15) is 0 Å². The Bertz CT molecular complexity index is 604. The van der Waals surface area contributed by atoms with Crippen molar-refractivity contribution in [1.82, 2.24) is 4.98 Å². The topological polar surface area (TPSA) is 22.1 Å². The van der Waals surface area contributed by atoms with Crippen molar-refractivity contribution in [3.8, 4) is 16.9 Å². The van der Waals surface area contributed by atoms with E-state index in [1.807, 2.05) is 0 Å². The molecule has 6 heteroatoms. The molecule has 2 aromatic rings. The maximum atomic E-state index is 13.5. The standard InChI is InChI=1S/C12H7Cl3FNO/c1-18-11-7(2-3-17-12(11)16)8-4-6(13)5-9(14)10(8)15/h2-5H,1H3. The fourth-order valence-corrected chi connectivity index (χ4v) is 2.29. The number of methoxy groups -OCH3 is 1. The number of hydrogen-bond acceptors (Lipinski definition) is 2. The molecule has 0 aliphatic rings. The Morgan fingerprint density at radius 3 is 2.56 bits per heavy atom. The molecule has 0 fully saturated rings. The summed E-state index contributed by atoms with van der Waals surface area (Å²) in [5.41, 5.74) is 0.937. The highest BCUT2D eigenvalue weighted by Gasteiger charge is 2.16. The lowest BCUT2D eigenvalue weighted by atomic mass is 10.1. The van der Waals surface area contributed by atoms with Crippen LogP contribution < -0.4 is 4.74 Å². The lowest BCUT2D eigenvalue weighted by Crippen LogP contribution is -1.95. The van der Waals surface area contributed by atoms with Crippen molar-refractivity contribution in [2.75, 3.05) is 7.11 Å². The minimum absolute atomic E-state index is 0.00210. The lowest BCUT2D eigenvalue weighted by molar-refractivity contribution is 0.379. The number of aromatic nitrogens is 1. The zero-order chi connectivity index (χ0) is 13.3. The number of pyridine rings is 1. The molecule has 0 radical (unpaired) electrons. The summed E-state index contributed by atoms with van der Waals surface area (Å²) in [6.07, 6.45) is 1.32. The summed E-state index contributed by atoms with van der Waals surface area (Å²) in [6, 6.07) is 4.68. The third kappa shape index (κ3) is 2.39. The molecule has 18 heavy (non-hydrogen) atoms. The Hall–Kier alpha value is -1.03. The predicted molar refractivity (Wildman–Crippen MR) is 71.2 cm³/mol. The molecular formula is C12H7Cl3FNO. The molecule has 0 saturated carbocycles. The number of benzene rings is 1. The second kappa shape index (κ2) is 5.31. The van der Waals surface area contributed by atoms with Crippen LogP contribution in [0.2, 0.25) is 15.1 Å². The van der Waals surface area contributed by atoms with Crippen molar-refractivity contribution < 1.29 is 9.13 Å². The average molecular weight is 307 g/mol. The number of hydrogen-bond donors (Lipinski definition) is 0. The maximum absolute atomic E-state index is 13.5. The van der Waals surface area contributed by atoms with Crippen LogP contribution in [0.3, 0.4) is 0 Å². The quantitative estimate of drug-likeness (QED) is 0.584. The Morgan fingerprint density at radius 2 is 1.89 bits per heavy atom. The van der Waals surface area contributed by atoms with Crippen LogP contribution in [0, 0.1) is 5.95 Å². The third-order valence-electron chi connectivity index (χ3n) is 2.35. The smallest absolute Gasteiger partial charge is 0.255 e. The van der Waals surface area contributed by atoms with Gasteiger partial charge in [0.25, 0.3) is 5.95 Å². The van der Waals surface area contributed by atoms with E-state index in [2.05, 4.69) is 4.98 Å². The normalized spacial score (nSPS) is 10.5. The maximum Gasteiger partial charge on any atom is 0.255 e. The summed E-state index contributed by atoms with van der Waals surface area (Å²) in [4.78, 5) is 3.51. The molecule has 0 amide bonds. The van der Waals surface area contributed by atoms with Gasteiger partial charge < -0.3 is 4.74 Å². The molecule has 2 nitrogen and oxygen atoms in total. The summed E-state index contributed by atoms with van der Waals surface area (Å²) < 4.78 is 18.5. The van der Waals surface area contributed by atoms with Crippen LogP contribution in [-0.2, 0) is 0 Å². The van der Waals surface area contributed by atoms with Gasteiger partial charge in [-0.1, -0.05) is 34.8 Å². The van der Waals surface area contributed by atoms with Crippen molar-refractivity contribution in [1.29, 1.82) is 0 Å². The van der Waals surface area contributed by atoms with Gasteiger partial charge in [0.15, 0.2) is 5.75 Å². The van der Waals surface area contributed by atoms with E-state index in [4.69, 9.17) is 39.5 Å². The molecule has 1 aromatic carbocycles. The molecule has 0 atom stereocenters. The number of ether oxygens (including phenoxy) is 1. The first-order valence-corrected chi connectivity index (χ1v) is 6.01. The number of rotatable bonds is 2. The van der Waals surface area contributed by atoms with Gasteiger partial charge in [-0.05, 0) is 18.2 Å². The average Bonchev–Trinajstić information content (AvgIpc) is 2.33. The molecule has 0 aliphatic carbocycles. The van der Waals surface area contributed by atoms with E-state index < -0.39 is 5.95 Å². The van der Waals surface area contributed by atoms with Crippen LogP contribution in [0.5, 0.6) is 5.75 Å². The van der Waals surface area contributed by atoms with E-state index in [-0.39, 0.29) is 10.8 Å². The van der Waals surface area contributed by atoms with Crippen molar-refractivity contribution in [3.05, 3.63) is 45.4 Å². The first kappa shape index (κ1) is 13.4. The molecule has 0 saturated heterocycles. The number of nitrogens with zero attached hydrogens (tertiary/aromatic N) is 1. The molecule has 94 valence electrons. The van der Waals surface area contributed by atoms with Crippen LogP contribution in [0.1, 0.15) is 0 Å². The van der Waals surface area contributed by atoms with Crippen LogP contribution in [0.4, 0.5) is 4.39 Å². The summed E-state index contributed by atoms with van der Waals surface area (Å²) >= 11 is 17.9. The van der Waals surface area contributed by atoms with E-state index in [1.54, 1.807) is 12.1 Å². The van der Waals surface area contributed by atoms with Gasteiger partial charge in [0.2, 0.25) is 0 Å². The van der Waals surface area contributed by atoms with Gasteiger partial charge in [0.05, 0.1) is 17.2 Å². The minimum atomic E-state index is -0.720. The van der Waals surface area contributed by atoms with Gasteiger partial charge in [-0.2, -0.15) is 4.39 Å². The first-order valence-electron chi connectivity index (χ1n) is 4.88. The molecule has 2 rings (SSSR count). The molecule has 0 N–H and O–H groups in total. The van der Waals surface area contributed by atoms with Crippen molar-refractivity contribution in [3.63, 3.8) is 0 Å². The Morgan fingerprint density at radius 1 is 1.17 bits per heavy atom. The third-order valence-corrected chi connectivity index (χ3v) is 3.37. The molecule has 0 bridgehead atoms. The van der Waals surface area contributed by atoms with Crippen LogP contribution >= 0.6 is 34.8 Å². The molecular weight excluding hydrogens is 299 g/mol. The highest BCUT2D eigenvalue weighted by molar-refractivity contribution is 6.45. The zero-order valence-corrected chi connectivity index (χ0v) is 11.4. The van der Waals surface area contributed by atoms with Crippen molar-refractivity contribution >= 4 is 34.8 Å². The van der Waals surface area contributed by atoms with E-state index in [1.165, 1.54) is 19.4 Å². The van der Waals surface area contributed by atoms with Crippen LogP contribution in [-0.4, -0.2) is 12.1 Å². The second-order valence-corrected chi connectivity index (χ2v) is 4.65. The van der Waals surface area contributed by atoms with Crippen LogP contribution in [0.15, 0.2) is 24.4 Å². The van der Waals surface area contributed by atoms with Gasteiger partial charge in [0, 0.05) is 22.3 Å². The van der Waals surface area contributed by atoms with E-state index in [0.717, 1.165) is 0 Å². The van der Waals surface area contributed by atoms with Gasteiger partial charge in [-0.15, -0.1) is 0 Å². The summed E-state index contributed by atoms with van der Waals surface area (Å²) in [7, 11) is 1.35. The molecule has 1 aromatic heterocycles. The van der Waals surface area contributed by atoms with Crippen molar-refractivity contribution in [2.24, 2.45) is 0 Å². The van der Waals surface area contributed by atoms with E-state index >= 15 is 0 Å². The lowest BCUT2D eigenvalue weighted by Gasteiger charge is -2.11. The fraction of sp³-hybridized carbons (Fsp3) is 0.0833. The van der Waals surface area contributed by atoms with Crippen molar-refractivity contribution in [2.45, 2.75) is 0 Å². The fourth-order valence-electron chi connectivity index (χ4n) is 1.58. The molecule has 0 spiro atoms. The molecule has 1 heterocycles. The van der Waals surface area contributed by atoms with Gasteiger partial charge >= 0.3 is 0 Å². The Kier molecular flexibility index (Phi) is 3.95. The van der Waals surface area contributed by atoms with E-state index in [9.17, 15) is 4.39 Å². The van der Waals surface area contributed by atoms with E-state index in [0.29, 0.717) is 21.2 Å². The highest BCUT2D eigenvalue weighted by Crippen LogP contribution is 2.40. The minimum Gasteiger partial charge on any atom is -0.491 e. The largest absolute Gasteiger partial charge is 0.491 e. The summed E-state index contributed by atoms with van der Waals surface area (Å²) in [5, 5.41) is 0.974. The summed E-state index contributed by atoms with van der Waals surface area (Å²) in [5.74, 6) is -0.722. The first-order chi connectivity index (χ1) is 8.54. The monoisotopic (exact) mass is 305 g/mol. The zero-order valence-electron chi connectivity index (χ0n) is 9.18. The Labute approximate surface area is 118 Å². The Balaban J connectivity index is 2.73. The van der Waals surface area contributed by atoms with Gasteiger partial charge in [-0.25, -0.2) is 4.98 Å². The summed E-state index contributed by atoms with van der Waals surface area (Å²) in [6.45, 7) is 0. The van der Waals surface area contributed by atoms with Crippen LogP contribution in [0.25, 0.3) is 11.1 Å². The number of halogens is 4. The molecule has 0 unspecified atom stereocenters. The highest BCUT2D eigenvalue weighted by atomic mass is 35.5.